The molecule has 3 unspecified atom stereocenters. The van der Waals surface area contributed by atoms with Crippen LogP contribution in [0.4, 0.5) is 0 Å². The summed E-state index contributed by atoms with van der Waals surface area (Å²) in [5.74, 6) is 1.10. The maximum Gasteiger partial charge on any atom is 0.223 e. The summed E-state index contributed by atoms with van der Waals surface area (Å²) in [4.78, 5) is 16.7. The summed E-state index contributed by atoms with van der Waals surface area (Å²) >= 11 is 6.01. The first-order valence-corrected chi connectivity index (χ1v) is 6.39. The van der Waals surface area contributed by atoms with Gasteiger partial charge in [-0.15, -0.1) is 16.7 Å². The lowest BCUT2D eigenvalue weighted by molar-refractivity contribution is -0.217. The number of methoxy groups -OCH3 is 1. The smallest absolute Gasteiger partial charge is 0.223 e. The van der Waals surface area contributed by atoms with E-state index in [1.54, 1.807) is 31.4 Å². The van der Waals surface area contributed by atoms with Gasteiger partial charge in [0.2, 0.25) is 5.72 Å². The lowest BCUT2D eigenvalue weighted by Crippen LogP contribution is -2.53. The molecule has 1 aliphatic rings. The molecule has 2 rings (SSSR count). The van der Waals surface area contributed by atoms with E-state index in [1.165, 1.54) is 5.06 Å². The van der Waals surface area contributed by atoms with Gasteiger partial charge < -0.3 is 14.7 Å². The molecule has 0 bridgehead atoms. The maximum atomic E-state index is 11.1. The number of nitrogens with zero attached hydrogens (tertiary/aromatic N) is 1. The third-order valence-electron chi connectivity index (χ3n) is 3.18. The zero-order valence-corrected chi connectivity index (χ0v) is 11.5. The summed E-state index contributed by atoms with van der Waals surface area (Å²) in [5.41, 5.74) is -1.82. The van der Waals surface area contributed by atoms with Gasteiger partial charge in [0.25, 0.3) is 0 Å². The number of benzene rings is 1. The Labute approximate surface area is 116 Å². The zero-order chi connectivity index (χ0) is 14.0. The Kier molecular flexibility index (Phi) is 3.99. The van der Waals surface area contributed by atoms with E-state index in [1.807, 2.05) is 6.92 Å². The maximum absolute atomic E-state index is 11.1. The minimum absolute atomic E-state index is 0.177. The van der Waals surface area contributed by atoms with Crippen molar-refractivity contribution in [3.63, 3.8) is 0 Å². The number of hydrogen-bond acceptors (Lipinski definition) is 5. The summed E-state index contributed by atoms with van der Waals surface area (Å²) in [7, 11) is 1.55. The van der Waals surface area contributed by atoms with Gasteiger partial charge in [0.05, 0.1) is 12.5 Å². The highest BCUT2D eigenvalue weighted by Crippen LogP contribution is 2.35. The summed E-state index contributed by atoms with van der Waals surface area (Å²) in [6, 6.07) is 6.73. The highest BCUT2D eigenvalue weighted by molar-refractivity contribution is 6.22. The molecule has 3 atom stereocenters. The van der Waals surface area contributed by atoms with E-state index in [-0.39, 0.29) is 6.04 Å². The molecule has 5 nitrogen and oxygen atoms in total. The average Bonchev–Trinajstić information content (AvgIpc) is 2.63. The molecule has 1 aromatic rings. The quantitative estimate of drug-likeness (QED) is 0.672. The van der Waals surface area contributed by atoms with Crippen LogP contribution in [0, 0.1) is 0 Å². The molecule has 0 saturated carbocycles. The van der Waals surface area contributed by atoms with Crippen LogP contribution in [0.1, 0.15) is 13.3 Å². The predicted molar refractivity (Wildman–Crippen MR) is 70.2 cm³/mol. The van der Waals surface area contributed by atoms with Crippen molar-refractivity contribution in [1.82, 2.24) is 5.06 Å². The molecule has 1 saturated heterocycles. The van der Waals surface area contributed by atoms with Crippen LogP contribution >= 0.6 is 11.6 Å². The highest BCUT2D eigenvalue weighted by atomic mass is 35.5. The van der Waals surface area contributed by atoms with Gasteiger partial charge in [-0.2, -0.15) is 0 Å². The van der Waals surface area contributed by atoms with Crippen molar-refractivity contribution in [2.24, 2.45) is 0 Å². The van der Waals surface area contributed by atoms with E-state index in [4.69, 9.17) is 21.2 Å². The van der Waals surface area contributed by atoms with E-state index in [0.717, 1.165) is 0 Å². The molecule has 104 valence electrons. The van der Waals surface area contributed by atoms with Crippen LogP contribution < -0.4 is 9.57 Å². The molecular weight excluding hydrogens is 270 g/mol. The van der Waals surface area contributed by atoms with E-state index in [2.05, 4.69) is 0 Å². The Hall–Kier alpha value is -1.30. The topological polar surface area (TPSA) is 59.0 Å². The molecule has 0 aromatic heterocycles. The summed E-state index contributed by atoms with van der Waals surface area (Å²) in [6.07, 6.45) is 0.870. The van der Waals surface area contributed by atoms with Crippen molar-refractivity contribution >= 4 is 17.9 Å². The summed E-state index contributed by atoms with van der Waals surface area (Å²) in [6.45, 7) is 1.83. The van der Waals surface area contributed by atoms with Crippen molar-refractivity contribution in [1.29, 1.82) is 0 Å². The molecule has 1 aromatic carbocycles. The standard InChI is InChI=1S/C13H16ClNO4/c1-9-6-12(14)13(17,8-16)15(9)19-11-5-3-4-10(7-11)18-2/h3-5,7-9,12,17H,6H2,1-2H3. The molecule has 1 fully saturated rings. The van der Waals surface area contributed by atoms with Gasteiger partial charge in [-0.05, 0) is 25.5 Å². The molecule has 1 heterocycles. The molecule has 1 N–H and O–H groups in total. The second-order valence-corrected chi connectivity index (χ2v) is 5.08. The fourth-order valence-electron chi connectivity index (χ4n) is 2.12. The van der Waals surface area contributed by atoms with Crippen LogP contribution in [0.15, 0.2) is 24.3 Å². The van der Waals surface area contributed by atoms with Crippen molar-refractivity contribution in [3.8, 4) is 11.5 Å². The SMILES string of the molecule is COc1cccc(ON2C(C)CC(Cl)C2(O)C=O)c1. The number of rotatable bonds is 4. The molecule has 0 aliphatic carbocycles. The molecule has 0 amide bonds. The lowest BCUT2D eigenvalue weighted by Gasteiger charge is -2.31. The monoisotopic (exact) mass is 285 g/mol. The Morgan fingerprint density at radius 1 is 1.53 bits per heavy atom. The van der Waals surface area contributed by atoms with E-state index in [0.29, 0.717) is 24.2 Å². The minimum atomic E-state index is -1.82. The number of halogens is 1. The third-order valence-corrected chi connectivity index (χ3v) is 3.68. The van der Waals surface area contributed by atoms with Gasteiger partial charge >= 0.3 is 0 Å². The Morgan fingerprint density at radius 2 is 2.21 bits per heavy atom. The first kappa shape index (κ1) is 14.1. The van der Waals surface area contributed by atoms with Gasteiger partial charge in [-0.25, -0.2) is 0 Å². The van der Waals surface area contributed by atoms with Gasteiger partial charge in [-0.1, -0.05) is 6.07 Å². The van der Waals surface area contributed by atoms with Crippen molar-refractivity contribution in [2.45, 2.75) is 30.5 Å². The molecule has 0 spiro atoms. The van der Waals surface area contributed by atoms with Crippen LogP contribution in [-0.4, -0.2) is 40.7 Å². The molecule has 6 heteroatoms. The number of hydrogen-bond donors (Lipinski definition) is 1. The number of alkyl halides is 1. The normalized spacial score (nSPS) is 31.2. The van der Waals surface area contributed by atoms with E-state index >= 15 is 0 Å². The molecule has 0 radical (unpaired) electrons. The summed E-state index contributed by atoms with van der Waals surface area (Å²) in [5, 5.41) is 10.8. The minimum Gasteiger partial charge on any atom is -0.497 e. The van der Waals surface area contributed by atoms with Crippen LogP contribution in [0.5, 0.6) is 11.5 Å². The van der Waals surface area contributed by atoms with Crippen molar-refractivity contribution in [2.75, 3.05) is 7.11 Å². The fourth-order valence-corrected chi connectivity index (χ4v) is 2.53. The van der Waals surface area contributed by atoms with Gasteiger partial charge in [0.1, 0.15) is 5.75 Å². The van der Waals surface area contributed by atoms with E-state index in [9.17, 15) is 9.90 Å². The van der Waals surface area contributed by atoms with Crippen LogP contribution in [0.3, 0.4) is 0 Å². The second-order valence-electron chi connectivity index (χ2n) is 4.55. The number of aldehydes is 1. The first-order valence-electron chi connectivity index (χ1n) is 5.95. The highest BCUT2D eigenvalue weighted by Gasteiger charge is 2.52. The largest absolute Gasteiger partial charge is 0.497 e. The van der Waals surface area contributed by atoms with Crippen LogP contribution in [-0.2, 0) is 4.79 Å². The fraction of sp³-hybridized carbons (Fsp3) is 0.462. The van der Waals surface area contributed by atoms with Crippen molar-refractivity contribution in [3.05, 3.63) is 24.3 Å². The predicted octanol–water partition coefficient (Wildman–Crippen LogP) is 1.58. The Balaban J connectivity index is 2.23. The lowest BCUT2D eigenvalue weighted by atomic mass is 10.2. The number of carbonyl (C=O) groups is 1. The van der Waals surface area contributed by atoms with Gasteiger partial charge in [0.15, 0.2) is 12.0 Å². The zero-order valence-electron chi connectivity index (χ0n) is 10.7. The second kappa shape index (κ2) is 5.36. The van der Waals surface area contributed by atoms with Crippen molar-refractivity contribution < 1.29 is 19.5 Å². The Bertz CT molecular complexity index is 470. The first-order chi connectivity index (χ1) is 9.01. The van der Waals surface area contributed by atoms with Crippen LogP contribution in [0.2, 0.25) is 0 Å². The summed E-state index contributed by atoms with van der Waals surface area (Å²) < 4.78 is 5.09. The van der Waals surface area contributed by atoms with Gasteiger partial charge in [-0.3, -0.25) is 4.79 Å². The number of carbonyl (C=O) groups excluding carboxylic acids is 1. The van der Waals surface area contributed by atoms with Crippen LogP contribution in [0.25, 0.3) is 0 Å². The van der Waals surface area contributed by atoms with E-state index < -0.39 is 11.1 Å². The molecular formula is C13H16ClNO4. The number of aliphatic hydroxyl groups is 1. The Morgan fingerprint density at radius 3 is 2.84 bits per heavy atom. The van der Waals surface area contributed by atoms with Gasteiger partial charge in [0, 0.05) is 12.1 Å². The average molecular weight is 286 g/mol. The number of hydroxylamine groups is 2. The molecule has 1 aliphatic heterocycles. The number of ether oxygens (including phenoxy) is 1. The molecule has 19 heavy (non-hydrogen) atoms. The third kappa shape index (κ3) is 2.54.